The van der Waals surface area contributed by atoms with Crippen molar-refractivity contribution in [1.82, 2.24) is 0 Å². The van der Waals surface area contributed by atoms with Crippen LogP contribution in [-0.2, 0) is 9.47 Å². The lowest BCUT2D eigenvalue weighted by Crippen LogP contribution is -2.38. The normalized spacial score (nSPS) is 33.8. The van der Waals surface area contributed by atoms with E-state index in [-0.39, 0.29) is 23.7 Å². The van der Waals surface area contributed by atoms with Gasteiger partial charge in [0.2, 0.25) is 0 Å². The van der Waals surface area contributed by atoms with Gasteiger partial charge >= 0.3 is 0 Å². The third kappa shape index (κ3) is 4.40. The maximum atomic E-state index is 9.89. The van der Waals surface area contributed by atoms with Gasteiger partial charge in [-0.2, -0.15) is 0 Å². The predicted octanol–water partition coefficient (Wildman–Crippen LogP) is 2.37. The predicted molar refractivity (Wildman–Crippen MR) is 64.4 cm³/mol. The number of rotatable bonds is 3. The largest absolute Gasteiger partial charge is 0.390 e. The van der Waals surface area contributed by atoms with Crippen molar-refractivity contribution in [2.24, 2.45) is 5.41 Å². The first-order chi connectivity index (χ1) is 7.29. The third-order valence-electron chi connectivity index (χ3n) is 3.14. The number of aliphatic hydroxyl groups excluding tert-OH is 1. The molecule has 0 aliphatic carbocycles. The lowest BCUT2D eigenvalue weighted by atomic mass is 9.89. The van der Waals surface area contributed by atoms with Gasteiger partial charge in [-0.25, -0.2) is 0 Å². The van der Waals surface area contributed by atoms with E-state index in [0.717, 1.165) is 12.8 Å². The van der Waals surface area contributed by atoms with Gasteiger partial charge in [-0.3, -0.25) is 0 Å². The van der Waals surface area contributed by atoms with Gasteiger partial charge < -0.3 is 14.6 Å². The lowest BCUT2D eigenvalue weighted by Gasteiger charge is -2.34. The molecular weight excluding hydrogens is 204 g/mol. The highest BCUT2D eigenvalue weighted by atomic mass is 16.5. The van der Waals surface area contributed by atoms with Crippen LogP contribution in [-0.4, -0.2) is 36.1 Å². The summed E-state index contributed by atoms with van der Waals surface area (Å²) in [6.07, 6.45) is 2.22. The highest BCUT2D eigenvalue weighted by molar-refractivity contribution is 4.76. The Morgan fingerprint density at radius 3 is 2.19 bits per heavy atom. The van der Waals surface area contributed by atoms with Crippen molar-refractivity contribution in [1.29, 1.82) is 0 Å². The number of aliphatic hydroxyl groups is 1. The Bertz CT molecular complexity index is 200. The molecule has 1 aliphatic rings. The fourth-order valence-electron chi connectivity index (χ4n) is 1.96. The molecule has 1 aliphatic heterocycles. The molecule has 96 valence electrons. The summed E-state index contributed by atoms with van der Waals surface area (Å²) in [6.45, 7) is 10.6. The molecule has 3 atom stereocenters. The van der Waals surface area contributed by atoms with Gasteiger partial charge in [-0.15, -0.1) is 0 Å². The van der Waals surface area contributed by atoms with Gasteiger partial charge in [0.15, 0.2) is 0 Å². The molecule has 0 aromatic carbocycles. The van der Waals surface area contributed by atoms with Crippen molar-refractivity contribution < 1.29 is 14.6 Å². The van der Waals surface area contributed by atoms with Crippen LogP contribution in [0.2, 0.25) is 0 Å². The van der Waals surface area contributed by atoms with Crippen molar-refractivity contribution >= 4 is 0 Å². The molecule has 1 N–H and O–H groups in total. The fraction of sp³-hybridized carbons (Fsp3) is 1.00. The average molecular weight is 230 g/mol. The minimum atomic E-state index is -0.402. The van der Waals surface area contributed by atoms with E-state index in [4.69, 9.17) is 9.47 Å². The molecule has 0 aromatic heterocycles. The maximum Gasteiger partial charge on any atom is 0.0821 e. The second-order valence-electron chi connectivity index (χ2n) is 6.07. The second kappa shape index (κ2) is 5.48. The van der Waals surface area contributed by atoms with Crippen LogP contribution in [0.4, 0.5) is 0 Å². The Hall–Kier alpha value is -0.120. The number of hydrogen-bond acceptors (Lipinski definition) is 3. The van der Waals surface area contributed by atoms with E-state index in [1.807, 2.05) is 20.8 Å². The Balaban J connectivity index is 2.32. The minimum Gasteiger partial charge on any atom is -0.390 e. The van der Waals surface area contributed by atoms with Gasteiger partial charge in [0.1, 0.15) is 0 Å². The van der Waals surface area contributed by atoms with E-state index >= 15 is 0 Å². The molecule has 0 aromatic rings. The summed E-state index contributed by atoms with van der Waals surface area (Å²) in [4.78, 5) is 0. The SMILES string of the molecule is CC1CC(OCC(O)C(C)(C)C)CC(C)O1. The van der Waals surface area contributed by atoms with Crippen LogP contribution in [0.15, 0.2) is 0 Å². The van der Waals surface area contributed by atoms with E-state index in [9.17, 15) is 5.11 Å². The molecule has 0 bridgehead atoms. The molecule has 1 rings (SSSR count). The third-order valence-corrected chi connectivity index (χ3v) is 3.14. The van der Waals surface area contributed by atoms with Crippen molar-refractivity contribution in [3.63, 3.8) is 0 Å². The molecule has 16 heavy (non-hydrogen) atoms. The summed E-state index contributed by atoms with van der Waals surface area (Å²) < 4.78 is 11.4. The van der Waals surface area contributed by atoms with Crippen LogP contribution in [0, 0.1) is 5.41 Å². The molecule has 3 heteroatoms. The number of ether oxygens (including phenoxy) is 2. The molecule has 1 heterocycles. The number of hydrogen-bond donors (Lipinski definition) is 1. The molecule has 0 saturated carbocycles. The van der Waals surface area contributed by atoms with Crippen LogP contribution in [0.1, 0.15) is 47.5 Å². The van der Waals surface area contributed by atoms with E-state index in [2.05, 4.69) is 13.8 Å². The van der Waals surface area contributed by atoms with E-state index in [1.54, 1.807) is 0 Å². The Morgan fingerprint density at radius 1 is 1.25 bits per heavy atom. The topological polar surface area (TPSA) is 38.7 Å². The molecule has 1 saturated heterocycles. The Labute approximate surface area is 99.1 Å². The minimum absolute atomic E-state index is 0.109. The first kappa shape index (κ1) is 13.9. The molecule has 1 fully saturated rings. The zero-order valence-corrected chi connectivity index (χ0v) is 11.2. The lowest BCUT2D eigenvalue weighted by molar-refractivity contribution is -0.122. The molecule has 3 nitrogen and oxygen atoms in total. The van der Waals surface area contributed by atoms with Gasteiger partial charge in [-0.1, -0.05) is 20.8 Å². The van der Waals surface area contributed by atoms with Crippen LogP contribution in [0.3, 0.4) is 0 Å². The molecular formula is C13H26O3. The van der Waals surface area contributed by atoms with Gasteiger partial charge in [-0.05, 0) is 32.1 Å². The highest BCUT2D eigenvalue weighted by Crippen LogP contribution is 2.24. The van der Waals surface area contributed by atoms with E-state index < -0.39 is 6.10 Å². The summed E-state index contributed by atoms with van der Waals surface area (Å²) in [5, 5.41) is 9.89. The van der Waals surface area contributed by atoms with Gasteiger partial charge in [0, 0.05) is 0 Å². The summed E-state index contributed by atoms with van der Waals surface area (Å²) in [5.41, 5.74) is -0.109. The van der Waals surface area contributed by atoms with E-state index in [1.165, 1.54) is 0 Å². The van der Waals surface area contributed by atoms with Crippen molar-refractivity contribution in [2.75, 3.05) is 6.61 Å². The summed E-state index contributed by atoms with van der Waals surface area (Å²) in [7, 11) is 0. The highest BCUT2D eigenvalue weighted by Gasteiger charge is 2.28. The second-order valence-corrected chi connectivity index (χ2v) is 6.07. The quantitative estimate of drug-likeness (QED) is 0.809. The van der Waals surface area contributed by atoms with Crippen LogP contribution >= 0.6 is 0 Å². The van der Waals surface area contributed by atoms with Crippen molar-refractivity contribution in [3.05, 3.63) is 0 Å². The summed E-state index contributed by atoms with van der Waals surface area (Å²) >= 11 is 0. The van der Waals surface area contributed by atoms with Crippen molar-refractivity contribution in [2.45, 2.75) is 71.9 Å². The molecule has 0 radical (unpaired) electrons. The maximum absolute atomic E-state index is 9.89. The fourth-order valence-corrected chi connectivity index (χ4v) is 1.96. The Morgan fingerprint density at radius 2 is 1.75 bits per heavy atom. The zero-order chi connectivity index (χ0) is 12.3. The first-order valence-electron chi connectivity index (χ1n) is 6.24. The molecule has 3 unspecified atom stereocenters. The molecule has 0 amide bonds. The Kier molecular flexibility index (Phi) is 4.77. The van der Waals surface area contributed by atoms with E-state index in [0.29, 0.717) is 6.61 Å². The smallest absolute Gasteiger partial charge is 0.0821 e. The first-order valence-corrected chi connectivity index (χ1v) is 6.24. The summed E-state index contributed by atoms with van der Waals surface area (Å²) in [5.74, 6) is 0. The van der Waals surface area contributed by atoms with Gasteiger partial charge in [0.05, 0.1) is 31.0 Å². The van der Waals surface area contributed by atoms with Crippen molar-refractivity contribution in [3.8, 4) is 0 Å². The zero-order valence-electron chi connectivity index (χ0n) is 11.2. The standard InChI is InChI=1S/C13H26O3/c1-9-6-11(7-10(2)16-9)15-8-12(14)13(3,4)5/h9-12,14H,6-8H2,1-5H3. The average Bonchev–Trinajstić information content (AvgIpc) is 2.11. The molecule has 0 spiro atoms. The summed E-state index contributed by atoms with van der Waals surface area (Å²) in [6, 6.07) is 0. The van der Waals surface area contributed by atoms with Crippen LogP contribution in [0.25, 0.3) is 0 Å². The van der Waals surface area contributed by atoms with Crippen LogP contribution in [0.5, 0.6) is 0 Å². The van der Waals surface area contributed by atoms with Gasteiger partial charge in [0.25, 0.3) is 0 Å². The van der Waals surface area contributed by atoms with Crippen LogP contribution < -0.4 is 0 Å². The monoisotopic (exact) mass is 230 g/mol.